The van der Waals surface area contributed by atoms with E-state index in [0.29, 0.717) is 11.6 Å². The molecule has 0 spiro atoms. The Hall–Kier alpha value is -1.55. The SMILES string of the molecule is CN=C(NCCc1ccc(OC)cc1Cl)NCc1ccc(CN2CCC(O)CC2)cc1.I. The Kier molecular flexibility index (Phi) is 11.6. The fourth-order valence-electron chi connectivity index (χ4n) is 3.68. The number of nitrogens with one attached hydrogen (secondary N) is 2. The van der Waals surface area contributed by atoms with Gasteiger partial charge in [0.05, 0.1) is 13.2 Å². The molecule has 0 aromatic heterocycles. The van der Waals surface area contributed by atoms with Gasteiger partial charge in [0.2, 0.25) is 0 Å². The van der Waals surface area contributed by atoms with Gasteiger partial charge in [0.15, 0.2) is 5.96 Å². The maximum Gasteiger partial charge on any atom is 0.191 e. The van der Waals surface area contributed by atoms with Crippen molar-refractivity contribution in [3.05, 3.63) is 64.2 Å². The van der Waals surface area contributed by atoms with Crippen LogP contribution < -0.4 is 15.4 Å². The van der Waals surface area contributed by atoms with E-state index in [1.54, 1.807) is 14.2 Å². The van der Waals surface area contributed by atoms with Gasteiger partial charge in [-0.25, -0.2) is 0 Å². The fourth-order valence-corrected chi connectivity index (χ4v) is 3.94. The Labute approximate surface area is 213 Å². The van der Waals surface area contributed by atoms with Crippen molar-refractivity contribution in [2.45, 2.75) is 38.5 Å². The predicted molar refractivity (Wildman–Crippen MR) is 142 cm³/mol. The Balaban J connectivity index is 0.00000363. The largest absolute Gasteiger partial charge is 0.497 e. The topological polar surface area (TPSA) is 69.1 Å². The number of ether oxygens (including phenoxy) is 1. The normalized spacial score (nSPS) is 15.2. The number of hydrogen-bond acceptors (Lipinski definition) is 4. The minimum Gasteiger partial charge on any atom is -0.497 e. The van der Waals surface area contributed by atoms with Crippen molar-refractivity contribution in [2.24, 2.45) is 4.99 Å². The number of likely N-dealkylation sites (tertiary alicyclic amines) is 1. The molecule has 1 heterocycles. The molecule has 3 rings (SSSR count). The van der Waals surface area contributed by atoms with E-state index in [2.05, 4.69) is 44.8 Å². The number of aliphatic hydroxyl groups is 1. The zero-order valence-corrected chi connectivity index (χ0v) is 21.9. The smallest absolute Gasteiger partial charge is 0.191 e. The summed E-state index contributed by atoms with van der Waals surface area (Å²) < 4.78 is 5.19. The number of aliphatic imine (C=N–C) groups is 1. The van der Waals surface area contributed by atoms with Gasteiger partial charge in [0, 0.05) is 44.8 Å². The molecule has 8 heteroatoms. The highest BCUT2D eigenvalue weighted by Gasteiger charge is 2.16. The zero-order chi connectivity index (χ0) is 22.1. The number of nitrogens with zero attached hydrogens (tertiary/aromatic N) is 2. The highest BCUT2D eigenvalue weighted by molar-refractivity contribution is 14.0. The van der Waals surface area contributed by atoms with Gasteiger partial charge in [0.1, 0.15) is 5.75 Å². The van der Waals surface area contributed by atoms with Crippen LogP contribution in [0.4, 0.5) is 0 Å². The van der Waals surface area contributed by atoms with Gasteiger partial charge in [-0.15, -0.1) is 24.0 Å². The molecule has 0 bridgehead atoms. The Morgan fingerprint density at radius 1 is 1.12 bits per heavy atom. The molecule has 6 nitrogen and oxygen atoms in total. The summed E-state index contributed by atoms with van der Waals surface area (Å²) in [5.41, 5.74) is 3.59. The Morgan fingerprint density at radius 3 is 2.44 bits per heavy atom. The zero-order valence-electron chi connectivity index (χ0n) is 18.8. The van der Waals surface area contributed by atoms with Gasteiger partial charge in [0.25, 0.3) is 0 Å². The van der Waals surface area contributed by atoms with Crippen LogP contribution in [0.5, 0.6) is 5.75 Å². The second kappa shape index (κ2) is 13.9. The van der Waals surface area contributed by atoms with Crippen LogP contribution >= 0.6 is 35.6 Å². The minimum absolute atomic E-state index is 0. The molecule has 1 saturated heterocycles. The van der Waals surface area contributed by atoms with Crippen molar-refractivity contribution in [1.29, 1.82) is 0 Å². The van der Waals surface area contributed by atoms with Crippen molar-refractivity contribution >= 4 is 41.5 Å². The van der Waals surface area contributed by atoms with Crippen LogP contribution in [0.15, 0.2) is 47.5 Å². The van der Waals surface area contributed by atoms with E-state index >= 15 is 0 Å². The molecule has 3 N–H and O–H groups in total. The Morgan fingerprint density at radius 2 is 1.81 bits per heavy atom. The number of methoxy groups -OCH3 is 1. The van der Waals surface area contributed by atoms with Gasteiger partial charge in [-0.3, -0.25) is 9.89 Å². The number of piperidine rings is 1. The second-order valence-electron chi connectivity index (χ2n) is 7.88. The maximum absolute atomic E-state index is 9.64. The number of halogens is 2. The molecule has 0 atom stereocenters. The molecule has 0 amide bonds. The first-order valence-electron chi connectivity index (χ1n) is 10.8. The number of guanidine groups is 1. The van der Waals surface area contributed by atoms with Gasteiger partial charge in [-0.2, -0.15) is 0 Å². The van der Waals surface area contributed by atoms with Crippen molar-refractivity contribution in [3.8, 4) is 5.75 Å². The van der Waals surface area contributed by atoms with Crippen molar-refractivity contribution < 1.29 is 9.84 Å². The summed E-state index contributed by atoms with van der Waals surface area (Å²) in [5, 5.41) is 17.0. The van der Waals surface area contributed by atoms with E-state index < -0.39 is 0 Å². The lowest BCUT2D eigenvalue weighted by Gasteiger charge is -2.29. The van der Waals surface area contributed by atoms with E-state index in [1.807, 2.05) is 18.2 Å². The van der Waals surface area contributed by atoms with Crippen LogP contribution in [0, 0.1) is 0 Å². The van der Waals surface area contributed by atoms with E-state index in [4.69, 9.17) is 16.3 Å². The van der Waals surface area contributed by atoms with Gasteiger partial charge in [-0.1, -0.05) is 41.9 Å². The molecule has 176 valence electrons. The number of hydrogen-bond donors (Lipinski definition) is 3. The first kappa shape index (κ1) is 26.7. The first-order valence-corrected chi connectivity index (χ1v) is 11.2. The van der Waals surface area contributed by atoms with Gasteiger partial charge >= 0.3 is 0 Å². The van der Waals surface area contributed by atoms with Crippen LogP contribution in [0.25, 0.3) is 0 Å². The molecule has 2 aromatic rings. The quantitative estimate of drug-likeness (QED) is 0.255. The summed E-state index contributed by atoms with van der Waals surface area (Å²) in [5.74, 6) is 1.53. The lowest BCUT2D eigenvalue weighted by Crippen LogP contribution is -2.37. The standard InChI is InChI=1S/C24H33ClN4O2.HI/c1-26-24(27-12-9-20-7-8-22(31-2)15-23(20)25)28-16-18-3-5-19(6-4-18)17-29-13-10-21(30)11-14-29;/h3-8,15,21,30H,9-14,16-17H2,1-2H3,(H2,26,27,28);1H. The summed E-state index contributed by atoms with van der Waals surface area (Å²) in [6.07, 6.45) is 2.42. The highest BCUT2D eigenvalue weighted by atomic mass is 127. The molecule has 0 unspecified atom stereocenters. The summed E-state index contributed by atoms with van der Waals surface area (Å²) in [7, 11) is 3.41. The molecule has 1 fully saturated rings. The lowest BCUT2D eigenvalue weighted by atomic mass is 10.1. The third-order valence-corrected chi connectivity index (χ3v) is 5.97. The fraction of sp³-hybridized carbons (Fsp3) is 0.458. The number of rotatable bonds is 8. The highest BCUT2D eigenvalue weighted by Crippen LogP contribution is 2.22. The first-order chi connectivity index (χ1) is 15.1. The molecular formula is C24H34ClIN4O2. The molecular weight excluding hydrogens is 539 g/mol. The number of aliphatic hydroxyl groups excluding tert-OH is 1. The molecule has 0 saturated carbocycles. The molecule has 0 radical (unpaired) electrons. The molecule has 32 heavy (non-hydrogen) atoms. The molecule has 2 aromatic carbocycles. The summed E-state index contributed by atoms with van der Waals surface area (Å²) in [6, 6.07) is 14.4. The molecule has 1 aliphatic rings. The van der Waals surface area contributed by atoms with E-state index in [-0.39, 0.29) is 30.1 Å². The maximum atomic E-state index is 9.64. The van der Waals surface area contributed by atoms with Crippen molar-refractivity contribution in [1.82, 2.24) is 15.5 Å². The van der Waals surface area contributed by atoms with Gasteiger partial charge < -0.3 is 20.5 Å². The van der Waals surface area contributed by atoms with E-state index in [0.717, 1.165) is 62.7 Å². The average Bonchev–Trinajstić information content (AvgIpc) is 2.79. The van der Waals surface area contributed by atoms with Crippen LogP contribution in [-0.4, -0.2) is 55.9 Å². The third kappa shape index (κ3) is 8.42. The minimum atomic E-state index is -0.124. The predicted octanol–water partition coefficient (Wildman–Crippen LogP) is 3.83. The molecule has 0 aliphatic carbocycles. The van der Waals surface area contributed by atoms with Crippen molar-refractivity contribution in [3.63, 3.8) is 0 Å². The van der Waals surface area contributed by atoms with E-state index in [9.17, 15) is 5.11 Å². The van der Waals surface area contributed by atoms with Crippen LogP contribution in [0.3, 0.4) is 0 Å². The summed E-state index contributed by atoms with van der Waals surface area (Å²) in [4.78, 5) is 6.70. The van der Waals surface area contributed by atoms with E-state index in [1.165, 1.54) is 11.1 Å². The second-order valence-corrected chi connectivity index (χ2v) is 8.29. The monoisotopic (exact) mass is 572 g/mol. The molecule has 1 aliphatic heterocycles. The van der Waals surface area contributed by atoms with Crippen LogP contribution in [0.2, 0.25) is 5.02 Å². The summed E-state index contributed by atoms with van der Waals surface area (Å²) in [6.45, 7) is 4.31. The lowest BCUT2D eigenvalue weighted by molar-refractivity contribution is 0.0792. The van der Waals surface area contributed by atoms with Crippen LogP contribution in [0.1, 0.15) is 29.5 Å². The third-order valence-electron chi connectivity index (χ3n) is 5.62. The van der Waals surface area contributed by atoms with Crippen molar-refractivity contribution in [2.75, 3.05) is 33.8 Å². The Bertz CT molecular complexity index is 856. The average molecular weight is 573 g/mol. The van der Waals surface area contributed by atoms with Gasteiger partial charge in [-0.05, 0) is 48.1 Å². The summed E-state index contributed by atoms with van der Waals surface area (Å²) >= 11 is 6.31. The van der Waals surface area contributed by atoms with Crippen LogP contribution in [-0.2, 0) is 19.5 Å². The number of benzene rings is 2.